The summed E-state index contributed by atoms with van der Waals surface area (Å²) in [7, 11) is 0. The van der Waals surface area contributed by atoms with Crippen LogP contribution in [0.4, 0.5) is 0 Å². The van der Waals surface area contributed by atoms with Gasteiger partial charge >= 0.3 is 0 Å². The lowest BCUT2D eigenvalue weighted by molar-refractivity contribution is 0.326. The highest BCUT2D eigenvalue weighted by Crippen LogP contribution is 2.33. The molecule has 0 aromatic carbocycles. The Morgan fingerprint density at radius 3 is 2.17 bits per heavy atom. The van der Waals surface area contributed by atoms with Gasteiger partial charge in [0, 0.05) is 5.92 Å². The van der Waals surface area contributed by atoms with E-state index in [2.05, 4.69) is 22.4 Å². The Labute approximate surface area is 109 Å². The lowest BCUT2D eigenvalue weighted by Gasteiger charge is -2.27. The zero-order chi connectivity index (χ0) is 12.8. The smallest absolute Gasteiger partial charge is 0.167 e. The Morgan fingerprint density at radius 2 is 1.61 bits per heavy atom. The monoisotopic (exact) mass is 244 g/mol. The van der Waals surface area contributed by atoms with Crippen LogP contribution in [0.5, 0.6) is 0 Å². The molecule has 0 N–H and O–H groups in total. The van der Waals surface area contributed by atoms with Gasteiger partial charge in [-0.25, -0.2) is 0 Å². The Morgan fingerprint density at radius 1 is 0.944 bits per heavy atom. The molecule has 0 bridgehead atoms. The van der Waals surface area contributed by atoms with Crippen LogP contribution in [-0.4, -0.2) is 11.6 Å². The first-order valence-corrected chi connectivity index (χ1v) is 7.01. The summed E-state index contributed by atoms with van der Waals surface area (Å²) in [5, 5.41) is 26.9. The number of rotatable bonds is 2. The second kappa shape index (κ2) is 5.96. The van der Waals surface area contributed by atoms with E-state index in [1.807, 2.05) is 0 Å². The molecule has 2 fully saturated rings. The maximum absolute atomic E-state index is 9.30. The standard InChI is InChI=1S/C14H20N4/c15-10-12-4-6-13(7-5-12)17-18-14(11-16)8-2-1-3-9-14/h12-13H,1-9H2. The van der Waals surface area contributed by atoms with Crippen LogP contribution in [-0.2, 0) is 0 Å². The zero-order valence-electron chi connectivity index (χ0n) is 10.8. The van der Waals surface area contributed by atoms with Crippen molar-refractivity contribution >= 4 is 0 Å². The van der Waals surface area contributed by atoms with Gasteiger partial charge in [-0.15, -0.1) is 0 Å². The van der Waals surface area contributed by atoms with Crippen LogP contribution in [0.3, 0.4) is 0 Å². The van der Waals surface area contributed by atoms with Crippen molar-refractivity contribution in [3.05, 3.63) is 0 Å². The summed E-state index contributed by atoms with van der Waals surface area (Å²) >= 11 is 0. The van der Waals surface area contributed by atoms with E-state index in [0.29, 0.717) is 0 Å². The van der Waals surface area contributed by atoms with Gasteiger partial charge in [0.15, 0.2) is 5.54 Å². The predicted octanol–water partition coefficient (Wildman–Crippen LogP) is 3.75. The van der Waals surface area contributed by atoms with E-state index in [1.165, 1.54) is 6.42 Å². The fraction of sp³-hybridized carbons (Fsp3) is 0.857. The molecule has 96 valence electrons. The Kier molecular flexibility index (Phi) is 4.31. The number of hydrogen-bond donors (Lipinski definition) is 0. The Hall–Kier alpha value is -1.42. The quantitative estimate of drug-likeness (QED) is 0.694. The molecular weight excluding hydrogens is 224 g/mol. The fourth-order valence-corrected chi connectivity index (χ4v) is 2.88. The molecular formula is C14H20N4. The minimum Gasteiger partial charge on any atom is -0.198 e. The van der Waals surface area contributed by atoms with Crippen LogP contribution in [0.25, 0.3) is 0 Å². The third kappa shape index (κ3) is 3.07. The molecule has 18 heavy (non-hydrogen) atoms. The van der Waals surface area contributed by atoms with E-state index in [-0.39, 0.29) is 12.0 Å². The summed E-state index contributed by atoms with van der Waals surface area (Å²) in [6.45, 7) is 0. The summed E-state index contributed by atoms with van der Waals surface area (Å²) < 4.78 is 0. The van der Waals surface area contributed by atoms with E-state index in [4.69, 9.17) is 5.26 Å². The molecule has 0 saturated heterocycles. The van der Waals surface area contributed by atoms with Crippen molar-refractivity contribution in [3.8, 4) is 12.1 Å². The predicted molar refractivity (Wildman–Crippen MR) is 67.6 cm³/mol. The minimum atomic E-state index is -0.537. The molecule has 0 atom stereocenters. The van der Waals surface area contributed by atoms with Crippen LogP contribution < -0.4 is 0 Å². The van der Waals surface area contributed by atoms with Crippen molar-refractivity contribution in [2.45, 2.75) is 69.4 Å². The van der Waals surface area contributed by atoms with Crippen LogP contribution in [0.1, 0.15) is 57.8 Å². The lowest BCUT2D eigenvalue weighted by atomic mass is 9.84. The van der Waals surface area contributed by atoms with Gasteiger partial charge in [0.25, 0.3) is 0 Å². The van der Waals surface area contributed by atoms with Gasteiger partial charge in [0.1, 0.15) is 0 Å². The van der Waals surface area contributed by atoms with E-state index in [0.717, 1.165) is 51.4 Å². The van der Waals surface area contributed by atoms with Crippen molar-refractivity contribution in [2.24, 2.45) is 16.1 Å². The van der Waals surface area contributed by atoms with Gasteiger partial charge in [0.2, 0.25) is 0 Å². The number of azo groups is 1. The molecule has 0 heterocycles. The zero-order valence-corrected chi connectivity index (χ0v) is 10.8. The van der Waals surface area contributed by atoms with Crippen LogP contribution in [0, 0.1) is 28.6 Å². The molecule has 0 aromatic rings. The second-order valence-electron chi connectivity index (χ2n) is 5.55. The molecule has 0 unspecified atom stereocenters. The van der Waals surface area contributed by atoms with Gasteiger partial charge in [-0.2, -0.15) is 20.8 Å². The number of nitrogens with zero attached hydrogens (tertiary/aromatic N) is 4. The molecule has 0 aliphatic heterocycles. The summed E-state index contributed by atoms with van der Waals surface area (Å²) in [4.78, 5) is 0. The molecule has 0 amide bonds. The van der Waals surface area contributed by atoms with Gasteiger partial charge in [-0.3, -0.25) is 0 Å². The molecule has 2 saturated carbocycles. The normalized spacial score (nSPS) is 31.7. The van der Waals surface area contributed by atoms with Crippen molar-refractivity contribution in [1.82, 2.24) is 0 Å². The highest BCUT2D eigenvalue weighted by atomic mass is 15.2. The first kappa shape index (κ1) is 13.0. The van der Waals surface area contributed by atoms with Crippen LogP contribution in [0.15, 0.2) is 10.2 Å². The molecule has 2 rings (SSSR count). The highest BCUT2D eigenvalue weighted by molar-refractivity contribution is 5.08. The summed E-state index contributed by atoms with van der Waals surface area (Å²) in [5.41, 5.74) is -0.537. The molecule has 4 heteroatoms. The minimum absolute atomic E-state index is 0.205. The largest absolute Gasteiger partial charge is 0.198 e. The third-order valence-electron chi connectivity index (χ3n) is 4.18. The Bertz CT molecular complexity index is 374. The number of hydrogen-bond acceptors (Lipinski definition) is 4. The molecule has 4 nitrogen and oxygen atoms in total. The summed E-state index contributed by atoms with van der Waals surface area (Å²) in [5.74, 6) is 0.205. The molecule has 0 spiro atoms. The highest BCUT2D eigenvalue weighted by Gasteiger charge is 2.32. The average molecular weight is 244 g/mol. The van der Waals surface area contributed by atoms with E-state index in [9.17, 15) is 5.26 Å². The van der Waals surface area contributed by atoms with E-state index < -0.39 is 5.54 Å². The van der Waals surface area contributed by atoms with E-state index >= 15 is 0 Å². The first-order chi connectivity index (χ1) is 8.78. The van der Waals surface area contributed by atoms with Gasteiger partial charge in [0.05, 0.1) is 18.2 Å². The second-order valence-corrected chi connectivity index (χ2v) is 5.55. The van der Waals surface area contributed by atoms with Crippen molar-refractivity contribution in [2.75, 3.05) is 0 Å². The topological polar surface area (TPSA) is 72.3 Å². The van der Waals surface area contributed by atoms with Gasteiger partial charge in [-0.1, -0.05) is 6.42 Å². The maximum Gasteiger partial charge on any atom is 0.167 e. The SMILES string of the molecule is N#CC1CCC(N=NC2(C#N)CCCCC2)CC1. The van der Waals surface area contributed by atoms with Crippen molar-refractivity contribution in [3.63, 3.8) is 0 Å². The molecule has 0 radical (unpaired) electrons. The lowest BCUT2D eigenvalue weighted by Crippen LogP contribution is -2.27. The third-order valence-corrected chi connectivity index (χ3v) is 4.18. The van der Waals surface area contributed by atoms with Crippen molar-refractivity contribution < 1.29 is 0 Å². The number of nitriles is 2. The van der Waals surface area contributed by atoms with Gasteiger partial charge < -0.3 is 0 Å². The summed E-state index contributed by atoms with van der Waals surface area (Å²) in [6, 6.07) is 4.93. The van der Waals surface area contributed by atoms with Crippen LogP contribution >= 0.6 is 0 Å². The van der Waals surface area contributed by atoms with E-state index in [1.54, 1.807) is 0 Å². The molecule has 2 aliphatic carbocycles. The van der Waals surface area contributed by atoms with Crippen LogP contribution in [0.2, 0.25) is 0 Å². The van der Waals surface area contributed by atoms with Crippen molar-refractivity contribution in [1.29, 1.82) is 10.5 Å². The Balaban J connectivity index is 1.90. The molecule has 2 aliphatic rings. The average Bonchev–Trinajstić information content (AvgIpc) is 2.47. The van der Waals surface area contributed by atoms with Gasteiger partial charge in [-0.05, 0) is 51.4 Å². The first-order valence-electron chi connectivity index (χ1n) is 7.01. The fourth-order valence-electron chi connectivity index (χ4n) is 2.88. The maximum atomic E-state index is 9.30. The summed E-state index contributed by atoms with van der Waals surface area (Å²) in [6.07, 6.45) is 8.88. The molecule has 0 aromatic heterocycles.